The lowest BCUT2D eigenvalue weighted by Gasteiger charge is -2.12. The van der Waals surface area contributed by atoms with Crippen LogP contribution in [-0.4, -0.2) is 39.8 Å². The number of carbonyl (C=O) groups excluding carboxylic acids is 1. The smallest absolute Gasteiger partial charge is 0.291 e. The van der Waals surface area contributed by atoms with Crippen LogP contribution < -0.4 is 10.9 Å². The van der Waals surface area contributed by atoms with E-state index in [9.17, 15) is 9.59 Å². The van der Waals surface area contributed by atoms with Gasteiger partial charge in [0.25, 0.3) is 5.56 Å². The molecular weight excluding hydrogens is 372 g/mol. The number of aryl methyl sites for hydroxylation is 1. The van der Waals surface area contributed by atoms with Gasteiger partial charge in [-0.2, -0.15) is 10.2 Å². The Morgan fingerprint density at radius 1 is 1.24 bits per heavy atom. The molecule has 0 aliphatic rings. The average Bonchev–Trinajstić information content (AvgIpc) is 3.31. The minimum atomic E-state index is -0.392. The van der Waals surface area contributed by atoms with Gasteiger partial charge in [-0.05, 0) is 12.1 Å². The van der Waals surface area contributed by atoms with Crippen molar-refractivity contribution in [1.82, 2.24) is 33.9 Å². The molecule has 0 saturated carbocycles. The third kappa shape index (κ3) is 3.64. The molecule has 0 aliphatic carbocycles. The summed E-state index contributed by atoms with van der Waals surface area (Å²) in [5, 5.41) is 11.3. The van der Waals surface area contributed by atoms with Crippen molar-refractivity contribution in [3.8, 4) is 11.1 Å². The minimum Gasteiger partial charge on any atom is -0.309 e. The Hall–Kier alpha value is -3.82. The normalized spacial score (nSPS) is 11.3. The number of hydrogen-bond acceptors (Lipinski definition) is 6. The van der Waals surface area contributed by atoms with Crippen molar-refractivity contribution in [3.63, 3.8) is 0 Å². The Balaban J connectivity index is 1.73. The number of anilines is 1. The molecule has 148 valence electrons. The van der Waals surface area contributed by atoms with Gasteiger partial charge in [-0.3, -0.25) is 18.7 Å². The summed E-state index contributed by atoms with van der Waals surface area (Å²) in [5.74, 6) is 0.703. The summed E-state index contributed by atoms with van der Waals surface area (Å²) in [6.45, 7) is 3.76. The van der Waals surface area contributed by atoms with Crippen LogP contribution in [0.3, 0.4) is 0 Å². The highest BCUT2D eigenvalue weighted by atomic mass is 16.2. The van der Waals surface area contributed by atoms with E-state index in [4.69, 9.17) is 0 Å². The summed E-state index contributed by atoms with van der Waals surface area (Å²) in [5.41, 5.74) is 1.88. The Bertz CT molecular complexity index is 1240. The molecule has 1 amide bonds. The molecule has 0 atom stereocenters. The molecule has 0 saturated heterocycles. The summed E-state index contributed by atoms with van der Waals surface area (Å²) in [6, 6.07) is 3.37. The quantitative estimate of drug-likeness (QED) is 0.550. The molecular formula is C19H20N8O2. The number of amides is 1. The predicted octanol–water partition coefficient (Wildman–Crippen LogP) is 1.45. The average molecular weight is 392 g/mol. The standard InChI is InChI=1S/C19H20N8O2/c1-12(2)18-24-27(10-17(28)23-16-4-5-20-11-21-16)19(29)15-6-13(9-26(15)18)14-7-22-25(3)8-14/h4-9,11-12H,10H2,1-3H3,(H,20,21,23,28). The maximum Gasteiger partial charge on any atom is 0.291 e. The predicted molar refractivity (Wildman–Crippen MR) is 106 cm³/mol. The van der Waals surface area contributed by atoms with E-state index in [2.05, 4.69) is 25.5 Å². The van der Waals surface area contributed by atoms with Gasteiger partial charge in [-0.15, -0.1) is 0 Å². The second kappa shape index (κ2) is 7.30. The molecule has 4 aromatic heterocycles. The summed E-state index contributed by atoms with van der Waals surface area (Å²) >= 11 is 0. The van der Waals surface area contributed by atoms with Crippen LogP contribution >= 0.6 is 0 Å². The minimum absolute atomic E-state index is 0.0448. The summed E-state index contributed by atoms with van der Waals surface area (Å²) in [4.78, 5) is 33.1. The zero-order chi connectivity index (χ0) is 20.5. The van der Waals surface area contributed by atoms with E-state index in [1.807, 2.05) is 33.3 Å². The number of nitrogens with zero attached hydrogens (tertiary/aromatic N) is 7. The lowest BCUT2D eigenvalue weighted by molar-refractivity contribution is -0.117. The molecule has 0 radical (unpaired) electrons. The van der Waals surface area contributed by atoms with Gasteiger partial charge in [0.05, 0.1) is 6.20 Å². The molecule has 29 heavy (non-hydrogen) atoms. The lowest BCUT2D eigenvalue weighted by Crippen LogP contribution is -2.32. The number of hydrogen-bond donors (Lipinski definition) is 1. The number of rotatable bonds is 5. The van der Waals surface area contributed by atoms with E-state index in [-0.39, 0.29) is 18.0 Å². The van der Waals surface area contributed by atoms with Gasteiger partial charge in [0.2, 0.25) is 5.91 Å². The lowest BCUT2D eigenvalue weighted by atomic mass is 10.2. The number of fused-ring (bicyclic) bond motifs is 1. The van der Waals surface area contributed by atoms with Gasteiger partial charge in [0.1, 0.15) is 30.0 Å². The molecule has 0 fully saturated rings. The van der Waals surface area contributed by atoms with Gasteiger partial charge in [-0.25, -0.2) is 14.6 Å². The second-order valence-corrected chi connectivity index (χ2v) is 7.01. The third-order valence-corrected chi connectivity index (χ3v) is 4.44. The molecule has 4 rings (SSSR count). The topological polar surface area (TPSA) is 112 Å². The van der Waals surface area contributed by atoms with Crippen LogP contribution in [-0.2, 0) is 18.4 Å². The van der Waals surface area contributed by atoms with E-state index in [1.165, 1.54) is 17.2 Å². The van der Waals surface area contributed by atoms with Gasteiger partial charge in [0.15, 0.2) is 0 Å². The fourth-order valence-electron chi connectivity index (χ4n) is 3.08. The zero-order valence-electron chi connectivity index (χ0n) is 16.3. The van der Waals surface area contributed by atoms with Crippen molar-refractivity contribution < 1.29 is 4.79 Å². The van der Waals surface area contributed by atoms with Crippen molar-refractivity contribution in [2.45, 2.75) is 26.3 Å². The van der Waals surface area contributed by atoms with Crippen molar-refractivity contribution in [2.75, 3.05) is 5.32 Å². The molecule has 0 unspecified atom stereocenters. The summed E-state index contributed by atoms with van der Waals surface area (Å²) in [6.07, 6.45) is 8.36. The fourth-order valence-corrected chi connectivity index (χ4v) is 3.08. The first-order valence-corrected chi connectivity index (χ1v) is 9.10. The summed E-state index contributed by atoms with van der Waals surface area (Å²) < 4.78 is 4.68. The number of carbonyl (C=O) groups is 1. The first kappa shape index (κ1) is 18.5. The molecule has 10 nitrogen and oxygen atoms in total. The number of aromatic nitrogens is 7. The second-order valence-electron chi connectivity index (χ2n) is 7.01. The molecule has 4 heterocycles. The first-order valence-electron chi connectivity index (χ1n) is 9.10. The van der Waals surface area contributed by atoms with Crippen LogP contribution in [0.1, 0.15) is 25.6 Å². The van der Waals surface area contributed by atoms with Gasteiger partial charge >= 0.3 is 0 Å². The maximum absolute atomic E-state index is 13.0. The van der Waals surface area contributed by atoms with Crippen molar-refractivity contribution in [3.05, 3.63) is 59.4 Å². The zero-order valence-corrected chi connectivity index (χ0v) is 16.3. The van der Waals surface area contributed by atoms with Crippen LogP contribution in [0, 0.1) is 0 Å². The SMILES string of the molecule is CC(C)c1nn(CC(=O)Nc2ccncn2)c(=O)c2cc(-c3cnn(C)c3)cn12. The largest absolute Gasteiger partial charge is 0.309 e. The molecule has 0 aliphatic heterocycles. The van der Waals surface area contributed by atoms with Crippen LogP contribution in [0.15, 0.2) is 48.0 Å². The van der Waals surface area contributed by atoms with Crippen molar-refractivity contribution in [1.29, 1.82) is 0 Å². The van der Waals surface area contributed by atoms with E-state index < -0.39 is 5.91 Å². The van der Waals surface area contributed by atoms with E-state index in [1.54, 1.807) is 27.4 Å². The summed E-state index contributed by atoms with van der Waals surface area (Å²) in [7, 11) is 1.84. The van der Waals surface area contributed by atoms with E-state index in [0.717, 1.165) is 11.1 Å². The van der Waals surface area contributed by atoms with Crippen LogP contribution in [0.25, 0.3) is 16.6 Å². The Morgan fingerprint density at radius 2 is 2.07 bits per heavy atom. The van der Waals surface area contributed by atoms with E-state index >= 15 is 0 Å². The molecule has 0 spiro atoms. The van der Waals surface area contributed by atoms with Crippen LogP contribution in [0.5, 0.6) is 0 Å². The molecule has 0 aromatic carbocycles. The van der Waals surface area contributed by atoms with Crippen LogP contribution in [0.2, 0.25) is 0 Å². The van der Waals surface area contributed by atoms with Crippen molar-refractivity contribution in [2.24, 2.45) is 7.05 Å². The fraction of sp³-hybridized carbons (Fsp3) is 0.263. The molecule has 4 aromatic rings. The maximum atomic E-state index is 13.0. The van der Waals surface area contributed by atoms with Crippen LogP contribution in [0.4, 0.5) is 5.82 Å². The highest BCUT2D eigenvalue weighted by Crippen LogP contribution is 2.23. The van der Waals surface area contributed by atoms with E-state index in [0.29, 0.717) is 17.2 Å². The van der Waals surface area contributed by atoms with Crippen molar-refractivity contribution >= 4 is 17.2 Å². The molecule has 1 N–H and O–H groups in total. The highest BCUT2D eigenvalue weighted by molar-refractivity contribution is 5.89. The molecule has 10 heteroatoms. The van der Waals surface area contributed by atoms with Gasteiger partial charge in [-0.1, -0.05) is 13.8 Å². The highest BCUT2D eigenvalue weighted by Gasteiger charge is 2.17. The molecule has 0 bridgehead atoms. The Labute approximate surface area is 165 Å². The Kier molecular flexibility index (Phi) is 4.67. The first-order chi connectivity index (χ1) is 13.9. The van der Waals surface area contributed by atoms with Gasteiger partial charge < -0.3 is 5.32 Å². The monoisotopic (exact) mass is 392 g/mol. The van der Waals surface area contributed by atoms with Gasteiger partial charge in [0, 0.05) is 42.7 Å². The third-order valence-electron chi connectivity index (χ3n) is 4.44. The number of nitrogens with one attached hydrogen (secondary N) is 1. The Morgan fingerprint density at radius 3 is 2.72 bits per heavy atom.